The van der Waals surface area contributed by atoms with Gasteiger partial charge >= 0.3 is 4.87 Å². The molecule has 27 heavy (non-hydrogen) atoms. The average Bonchev–Trinajstić information content (AvgIpc) is 3.13. The first-order chi connectivity index (χ1) is 12.9. The van der Waals surface area contributed by atoms with E-state index in [9.17, 15) is 9.90 Å². The molecule has 1 aliphatic rings. The van der Waals surface area contributed by atoms with Crippen LogP contribution in [-0.4, -0.2) is 15.9 Å². The summed E-state index contributed by atoms with van der Waals surface area (Å²) in [6.07, 6.45) is 3.48. The van der Waals surface area contributed by atoms with E-state index in [1.165, 1.54) is 4.57 Å². The van der Waals surface area contributed by atoms with Crippen molar-refractivity contribution in [3.05, 3.63) is 76.6 Å². The maximum Gasteiger partial charge on any atom is 0.310 e. The lowest BCUT2D eigenvalue weighted by Gasteiger charge is -2.08. The Balaban J connectivity index is 1.74. The number of aromatic nitrogens is 1. The van der Waals surface area contributed by atoms with E-state index in [2.05, 4.69) is 20.9 Å². The molecule has 1 N–H and O–H groups in total. The predicted octanol–water partition coefficient (Wildman–Crippen LogP) is 5.99. The van der Waals surface area contributed by atoms with Crippen molar-refractivity contribution in [1.29, 1.82) is 0 Å². The average molecular weight is 482 g/mol. The van der Waals surface area contributed by atoms with Gasteiger partial charge in [0.1, 0.15) is 0 Å². The van der Waals surface area contributed by atoms with Gasteiger partial charge < -0.3 is 5.11 Å². The Labute approximate surface area is 177 Å². The van der Waals surface area contributed by atoms with Crippen molar-refractivity contribution in [2.45, 2.75) is 6.54 Å². The zero-order valence-electron chi connectivity index (χ0n) is 13.6. The highest BCUT2D eigenvalue weighted by molar-refractivity contribution is 9.10. The van der Waals surface area contributed by atoms with Crippen molar-refractivity contribution in [1.82, 2.24) is 4.57 Å². The highest BCUT2D eigenvalue weighted by Gasteiger charge is 2.18. The lowest BCUT2D eigenvalue weighted by Crippen LogP contribution is -2.13. The fourth-order valence-electron chi connectivity index (χ4n) is 2.81. The van der Waals surface area contributed by atoms with Gasteiger partial charge in [-0.25, -0.2) is 0 Å². The zero-order valence-corrected chi connectivity index (χ0v) is 17.5. The van der Waals surface area contributed by atoms with Crippen LogP contribution in [0.25, 0.3) is 11.6 Å². The van der Waals surface area contributed by atoms with Crippen molar-refractivity contribution < 1.29 is 5.11 Å². The van der Waals surface area contributed by atoms with Gasteiger partial charge in [-0.05, 0) is 36.4 Å². The van der Waals surface area contributed by atoms with Gasteiger partial charge in [0, 0.05) is 37.4 Å². The summed E-state index contributed by atoms with van der Waals surface area (Å²) in [6.45, 7) is 0.0963. The Morgan fingerprint density at radius 1 is 1.22 bits per heavy atom. The SMILES string of the molecule is O=c1sc(/C=C2/C=Nc3ccc(Br)cc32)c(O)n1Cc1c(Cl)cccc1Cl. The molecule has 0 spiro atoms. The van der Waals surface area contributed by atoms with Crippen molar-refractivity contribution >= 4 is 74.0 Å². The fourth-order valence-corrected chi connectivity index (χ4v) is 4.52. The van der Waals surface area contributed by atoms with Gasteiger partial charge in [0.05, 0.1) is 17.1 Å². The molecule has 3 aromatic rings. The maximum atomic E-state index is 12.4. The summed E-state index contributed by atoms with van der Waals surface area (Å²) < 4.78 is 2.19. The molecule has 0 amide bonds. The molecule has 136 valence electrons. The second-order valence-corrected chi connectivity index (χ2v) is 8.58. The lowest BCUT2D eigenvalue weighted by molar-refractivity contribution is 0.420. The molecule has 8 heteroatoms. The van der Waals surface area contributed by atoms with Crippen LogP contribution in [0.3, 0.4) is 0 Å². The van der Waals surface area contributed by atoms with Gasteiger partial charge in [-0.2, -0.15) is 0 Å². The molecular weight excluding hydrogens is 471 g/mol. The van der Waals surface area contributed by atoms with Gasteiger partial charge in [0.15, 0.2) is 0 Å². The number of fused-ring (bicyclic) bond motifs is 1. The molecule has 0 atom stereocenters. The van der Waals surface area contributed by atoms with Crippen LogP contribution in [0.5, 0.6) is 5.88 Å². The topological polar surface area (TPSA) is 54.6 Å². The van der Waals surface area contributed by atoms with Crippen LogP contribution in [0.4, 0.5) is 5.69 Å². The van der Waals surface area contributed by atoms with Gasteiger partial charge in [-0.3, -0.25) is 14.4 Å². The monoisotopic (exact) mass is 480 g/mol. The molecule has 1 aliphatic heterocycles. The first kappa shape index (κ1) is 18.5. The number of rotatable bonds is 3. The highest BCUT2D eigenvalue weighted by atomic mass is 79.9. The fraction of sp³-hybridized carbons (Fsp3) is 0.0526. The van der Waals surface area contributed by atoms with Crippen LogP contribution in [0.15, 0.2) is 50.7 Å². The van der Waals surface area contributed by atoms with E-state index in [0.717, 1.165) is 32.6 Å². The molecule has 0 fully saturated rings. The number of nitrogens with zero attached hydrogens (tertiary/aromatic N) is 2. The second-order valence-electron chi connectivity index (χ2n) is 5.86. The Hall–Kier alpha value is -1.86. The Kier molecular flexibility index (Phi) is 4.99. The second kappa shape index (κ2) is 7.28. The smallest absolute Gasteiger partial charge is 0.310 e. The van der Waals surface area contributed by atoms with E-state index < -0.39 is 0 Å². The molecule has 0 radical (unpaired) electrons. The summed E-state index contributed by atoms with van der Waals surface area (Å²) in [7, 11) is 0. The number of hydrogen-bond acceptors (Lipinski definition) is 4. The molecule has 2 heterocycles. The first-order valence-corrected chi connectivity index (χ1v) is 10.2. The minimum atomic E-state index is -0.292. The van der Waals surface area contributed by atoms with E-state index in [1.807, 2.05) is 18.2 Å². The van der Waals surface area contributed by atoms with Crippen molar-refractivity contribution in [3.63, 3.8) is 0 Å². The molecule has 0 saturated carbocycles. The molecule has 2 aromatic carbocycles. The van der Waals surface area contributed by atoms with E-state index in [1.54, 1.807) is 30.5 Å². The standard InChI is InChI=1S/C19H11BrCl2N2O2S/c20-11-4-5-16-12(7-11)10(8-23-16)6-17-18(25)24(19(26)27-17)9-13-14(21)2-1-3-15(13)22/h1-8,25H,9H2/b10-6-. The third-order valence-electron chi connectivity index (χ3n) is 4.17. The summed E-state index contributed by atoms with van der Waals surface area (Å²) in [5, 5.41) is 11.5. The van der Waals surface area contributed by atoms with Crippen LogP contribution < -0.4 is 4.87 Å². The summed E-state index contributed by atoms with van der Waals surface area (Å²) in [4.78, 5) is 16.9. The van der Waals surface area contributed by atoms with Crippen molar-refractivity contribution in [2.75, 3.05) is 0 Å². The number of halogens is 3. The van der Waals surface area contributed by atoms with Crippen LogP contribution in [0.1, 0.15) is 16.0 Å². The summed E-state index contributed by atoms with van der Waals surface area (Å²) in [5.41, 5.74) is 3.20. The minimum Gasteiger partial charge on any atom is -0.493 e. The van der Waals surface area contributed by atoms with Gasteiger partial charge in [0.2, 0.25) is 5.88 Å². The van der Waals surface area contributed by atoms with Crippen LogP contribution >= 0.6 is 50.5 Å². The normalized spacial score (nSPS) is 14.1. The van der Waals surface area contributed by atoms with Crippen molar-refractivity contribution in [2.24, 2.45) is 4.99 Å². The molecule has 0 unspecified atom stereocenters. The molecule has 1 aromatic heterocycles. The largest absolute Gasteiger partial charge is 0.493 e. The van der Waals surface area contributed by atoms with E-state index in [4.69, 9.17) is 23.2 Å². The molecule has 0 bridgehead atoms. The van der Waals surface area contributed by atoms with Crippen LogP contribution in [-0.2, 0) is 6.54 Å². The van der Waals surface area contributed by atoms with Crippen LogP contribution in [0, 0.1) is 0 Å². The van der Waals surface area contributed by atoms with Gasteiger partial charge in [-0.1, -0.05) is 56.5 Å². The molecule has 4 nitrogen and oxygen atoms in total. The third-order valence-corrected chi connectivity index (χ3v) is 6.29. The number of allylic oxidation sites excluding steroid dienone is 1. The van der Waals surface area contributed by atoms with Gasteiger partial charge in [0.25, 0.3) is 0 Å². The predicted molar refractivity (Wildman–Crippen MR) is 116 cm³/mol. The molecular formula is C19H11BrCl2N2O2S. The zero-order chi connectivity index (χ0) is 19.1. The van der Waals surface area contributed by atoms with E-state index in [0.29, 0.717) is 20.5 Å². The maximum absolute atomic E-state index is 12.4. The van der Waals surface area contributed by atoms with Gasteiger partial charge in [-0.15, -0.1) is 0 Å². The number of thiazole rings is 1. The van der Waals surface area contributed by atoms with E-state index >= 15 is 0 Å². The third kappa shape index (κ3) is 3.50. The number of benzene rings is 2. The number of aliphatic imine (C=N–C) groups is 1. The minimum absolute atomic E-state index is 0.0963. The molecule has 0 aliphatic carbocycles. The number of hydrogen-bond donors (Lipinski definition) is 1. The molecule has 4 rings (SSSR count). The Morgan fingerprint density at radius 2 is 1.96 bits per heavy atom. The Bertz CT molecular complexity index is 1160. The molecule has 0 saturated heterocycles. The first-order valence-electron chi connectivity index (χ1n) is 7.85. The summed E-state index contributed by atoms with van der Waals surface area (Å²) in [6, 6.07) is 10.9. The summed E-state index contributed by atoms with van der Waals surface area (Å²) in [5.74, 6) is -0.120. The van der Waals surface area contributed by atoms with Crippen molar-refractivity contribution in [3.8, 4) is 5.88 Å². The number of aromatic hydroxyl groups is 1. The summed E-state index contributed by atoms with van der Waals surface area (Å²) >= 11 is 16.8. The van der Waals surface area contributed by atoms with Crippen LogP contribution in [0.2, 0.25) is 10.0 Å². The highest BCUT2D eigenvalue weighted by Crippen LogP contribution is 2.36. The Morgan fingerprint density at radius 3 is 2.70 bits per heavy atom. The quantitative estimate of drug-likeness (QED) is 0.499. The lowest BCUT2D eigenvalue weighted by atomic mass is 10.1. The van der Waals surface area contributed by atoms with E-state index in [-0.39, 0.29) is 17.3 Å².